The molecule has 1 aliphatic heterocycles. The average Bonchev–Trinajstić information content (AvgIpc) is 3.07. The molecular weight excluding hydrogens is 297 g/mol. The first-order valence-corrected chi connectivity index (χ1v) is 7.35. The summed E-state index contributed by atoms with van der Waals surface area (Å²) in [5.41, 5.74) is 0.333. The summed E-state index contributed by atoms with van der Waals surface area (Å²) in [6.45, 7) is 0. The monoisotopic (exact) mass is 307 g/mol. The predicted octanol–water partition coefficient (Wildman–Crippen LogP) is 3.30. The van der Waals surface area contributed by atoms with Crippen molar-refractivity contribution in [3.63, 3.8) is 0 Å². The van der Waals surface area contributed by atoms with Gasteiger partial charge in [0.15, 0.2) is 0 Å². The minimum absolute atomic E-state index is 0.160. The van der Waals surface area contributed by atoms with Gasteiger partial charge in [-0.15, -0.1) is 0 Å². The lowest BCUT2D eigenvalue weighted by molar-refractivity contribution is -0.123. The summed E-state index contributed by atoms with van der Waals surface area (Å²) in [5.74, 6) is -0.409. The zero-order valence-electron chi connectivity index (χ0n) is 10.4. The third-order valence-electron chi connectivity index (χ3n) is 4.63. The lowest BCUT2D eigenvalue weighted by Gasteiger charge is -2.19. The molecule has 0 spiro atoms. The highest BCUT2D eigenvalue weighted by molar-refractivity contribution is 6.42. The van der Waals surface area contributed by atoms with Crippen molar-refractivity contribution in [3.05, 3.63) is 40.4 Å². The number of carbonyl (C=O) groups is 2. The third kappa shape index (κ3) is 1.42. The van der Waals surface area contributed by atoms with Crippen LogP contribution < -0.4 is 4.90 Å². The van der Waals surface area contributed by atoms with Crippen LogP contribution in [-0.2, 0) is 9.59 Å². The summed E-state index contributed by atoms with van der Waals surface area (Å²) in [6.07, 6.45) is 5.04. The molecule has 2 bridgehead atoms. The van der Waals surface area contributed by atoms with Crippen LogP contribution in [0.15, 0.2) is 30.4 Å². The fourth-order valence-electron chi connectivity index (χ4n) is 3.83. The minimum atomic E-state index is -0.232. The van der Waals surface area contributed by atoms with Crippen molar-refractivity contribution in [1.29, 1.82) is 0 Å². The van der Waals surface area contributed by atoms with Crippen LogP contribution in [0.25, 0.3) is 0 Å². The summed E-state index contributed by atoms with van der Waals surface area (Å²) in [6, 6.07) is 4.99. The van der Waals surface area contributed by atoms with Gasteiger partial charge in [-0.3, -0.25) is 9.59 Å². The molecule has 1 saturated heterocycles. The third-order valence-corrected chi connectivity index (χ3v) is 5.24. The Morgan fingerprint density at radius 3 is 1.95 bits per heavy atom. The van der Waals surface area contributed by atoms with Crippen molar-refractivity contribution in [2.45, 2.75) is 6.42 Å². The Hall–Kier alpha value is -1.32. The van der Waals surface area contributed by atoms with Crippen LogP contribution >= 0.6 is 23.2 Å². The first-order chi connectivity index (χ1) is 9.59. The highest BCUT2D eigenvalue weighted by Crippen LogP contribution is 2.54. The number of imide groups is 1. The standard InChI is InChI=1S/C15H11Cl2NO2/c16-9-2-1-3-10(17)13(9)18-14(19)11-7-4-5-8(6-7)12(11)15(18)20/h1-5,7-8,11-12H,6H2/t7-,8+,11-,12+. The van der Waals surface area contributed by atoms with E-state index < -0.39 is 0 Å². The number of hydrogen-bond donors (Lipinski definition) is 0. The van der Waals surface area contributed by atoms with Gasteiger partial charge in [-0.1, -0.05) is 41.4 Å². The Morgan fingerprint density at radius 1 is 0.950 bits per heavy atom. The number of hydrogen-bond acceptors (Lipinski definition) is 2. The van der Waals surface area contributed by atoms with Crippen LogP contribution in [0.3, 0.4) is 0 Å². The molecule has 102 valence electrons. The summed E-state index contributed by atoms with van der Waals surface area (Å²) in [7, 11) is 0. The normalized spacial score (nSPS) is 34.2. The Morgan fingerprint density at radius 2 is 1.45 bits per heavy atom. The van der Waals surface area contributed by atoms with E-state index in [2.05, 4.69) is 12.2 Å². The average molecular weight is 308 g/mol. The van der Waals surface area contributed by atoms with E-state index in [1.807, 2.05) is 0 Å². The van der Waals surface area contributed by atoms with Gasteiger partial charge in [0.05, 0.1) is 27.6 Å². The first kappa shape index (κ1) is 12.4. The maximum Gasteiger partial charge on any atom is 0.238 e. The molecule has 5 heteroatoms. The molecule has 1 saturated carbocycles. The van der Waals surface area contributed by atoms with Crippen LogP contribution in [0, 0.1) is 23.7 Å². The van der Waals surface area contributed by atoms with Gasteiger partial charge < -0.3 is 0 Å². The largest absolute Gasteiger partial charge is 0.274 e. The summed E-state index contributed by atoms with van der Waals surface area (Å²) < 4.78 is 0. The number of fused-ring (bicyclic) bond motifs is 5. The second-order valence-corrected chi connectivity index (χ2v) is 6.40. The maximum absolute atomic E-state index is 12.6. The van der Waals surface area contributed by atoms with Crippen molar-refractivity contribution in [1.82, 2.24) is 0 Å². The van der Waals surface area contributed by atoms with Gasteiger partial charge in [0, 0.05) is 0 Å². The SMILES string of the molecule is O=C1[C@@H]2[C@H](C(=O)N1c1c(Cl)cccc1Cl)[C@@H]1C=C[C@H]2C1. The molecule has 0 aromatic heterocycles. The van der Waals surface area contributed by atoms with Crippen LogP contribution in [-0.4, -0.2) is 11.8 Å². The lowest BCUT2D eigenvalue weighted by atomic mass is 9.85. The van der Waals surface area contributed by atoms with Gasteiger partial charge in [0.2, 0.25) is 11.8 Å². The molecule has 4 atom stereocenters. The van der Waals surface area contributed by atoms with Gasteiger partial charge in [-0.25, -0.2) is 4.90 Å². The molecule has 4 rings (SSSR count). The molecule has 3 nitrogen and oxygen atoms in total. The summed E-state index contributed by atoms with van der Waals surface area (Å²) >= 11 is 12.3. The van der Waals surface area contributed by atoms with Crippen LogP contribution in [0.5, 0.6) is 0 Å². The summed E-state index contributed by atoms with van der Waals surface area (Å²) in [5, 5.41) is 0.666. The highest BCUT2D eigenvalue weighted by atomic mass is 35.5. The lowest BCUT2D eigenvalue weighted by Crippen LogP contribution is -2.33. The zero-order valence-corrected chi connectivity index (χ0v) is 11.9. The fraction of sp³-hybridized carbons (Fsp3) is 0.333. The number of carbonyl (C=O) groups excluding carboxylic acids is 2. The molecule has 20 heavy (non-hydrogen) atoms. The Balaban J connectivity index is 1.82. The molecule has 2 fully saturated rings. The van der Waals surface area contributed by atoms with E-state index in [0.29, 0.717) is 15.7 Å². The van der Waals surface area contributed by atoms with Crippen LogP contribution in [0.4, 0.5) is 5.69 Å². The Bertz CT molecular complexity index is 620. The van der Waals surface area contributed by atoms with E-state index in [4.69, 9.17) is 23.2 Å². The van der Waals surface area contributed by atoms with Gasteiger partial charge in [0.25, 0.3) is 0 Å². The number of anilines is 1. The van der Waals surface area contributed by atoms with Crippen molar-refractivity contribution < 1.29 is 9.59 Å². The number of benzene rings is 1. The first-order valence-electron chi connectivity index (χ1n) is 6.59. The van der Waals surface area contributed by atoms with E-state index in [1.165, 1.54) is 4.90 Å². The van der Waals surface area contributed by atoms with Gasteiger partial charge in [0.1, 0.15) is 0 Å². The highest BCUT2D eigenvalue weighted by Gasteiger charge is 2.60. The summed E-state index contributed by atoms with van der Waals surface area (Å²) in [4.78, 5) is 26.5. The van der Waals surface area contributed by atoms with Crippen molar-refractivity contribution in [3.8, 4) is 0 Å². The van der Waals surface area contributed by atoms with Crippen LogP contribution in [0.1, 0.15) is 6.42 Å². The molecule has 0 N–H and O–H groups in total. The Labute approximate surface area is 126 Å². The van der Waals surface area contributed by atoms with Crippen molar-refractivity contribution in [2.24, 2.45) is 23.7 Å². The predicted molar refractivity (Wildman–Crippen MR) is 76.7 cm³/mol. The van der Waals surface area contributed by atoms with Gasteiger partial charge >= 0.3 is 0 Å². The van der Waals surface area contributed by atoms with E-state index in [9.17, 15) is 9.59 Å². The fourth-order valence-corrected chi connectivity index (χ4v) is 4.39. The molecule has 2 aliphatic carbocycles. The van der Waals surface area contributed by atoms with Crippen LogP contribution in [0.2, 0.25) is 10.0 Å². The van der Waals surface area contributed by atoms with Crippen molar-refractivity contribution >= 4 is 40.7 Å². The number of para-hydroxylation sites is 1. The topological polar surface area (TPSA) is 37.4 Å². The molecular formula is C15H11Cl2NO2. The quantitative estimate of drug-likeness (QED) is 0.589. The second-order valence-electron chi connectivity index (χ2n) is 5.58. The zero-order chi connectivity index (χ0) is 14.0. The number of allylic oxidation sites excluding steroid dienone is 2. The second kappa shape index (κ2) is 4.09. The van der Waals surface area contributed by atoms with E-state index >= 15 is 0 Å². The molecule has 0 radical (unpaired) electrons. The minimum Gasteiger partial charge on any atom is -0.274 e. The van der Waals surface area contributed by atoms with Gasteiger partial charge in [-0.05, 0) is 30.4 Å². The number of amides is 2. The number of rotatable bonds is 1. The molecule has 1 heterocycles. The Kier molecular flexibility index (Phi) is 2.54. The maximum atomic E-state index is 12.6. The smallest absolute Gasteiger partial charge is 0.238 e. The van der Waals surface area contributed by atoms with E-state index in [0.717, 1.165) is 6.42 Å². The van der Waals surface area contributed by atoms with Crippen molar-refractivity contribution in [2.75, 3.05) is 4.90 Å². The van der Waals surface area contributed by atoms with E-state index in [-0.39, 0.29) is 35.5 Å². The molecule has 1 aromatic rings. The number of halogens is 2. The molecule has 2 amide bonds. The van der Waals surface area contributed by atoms with E-state index in [1.54, 1.807) is 18.2 Å². The molecule has 1 aromatic carbocycles. The van der Waals surface area contributed by atoms with Gasteiger partial charge in [-0.2, -0.15) is 0 Å². The molecule has 0 unspecified atom stereocenters. The number of nitrogens with zero attached hydrogens (tertiary/aromatic N) is 1. The molecule has 3 aliphatic rings.